The van der Waals surface area contributed by atoms with Gasteiger partial charge in [0.05, 0.1) is 0 Å². The highest BCUT2D eigenvalue weighted by Gasteiger charge is 2.07. The van der Waals surface area contributed by atoms with Gasteiger partial charge in [-0.3, -0.25) is 4.40 Å². The fraction of sp³-hybridized carbons (Fsp3) is 0.500. The van der Waals surface area contributed by atoms with Crippen molar-refractivity contribution in [3.8, 4) is 0 Å². The number of fused-ring (bicyclic) bond motifs is 1. The number of hydrogen-bond donors (Lipinski definition) is 2. The third-order valence-electron chi connectivity index (χ3n) is 2.52. The number of aromatic nitrogens is 4. The lowest BCUT2D eigenvalue weighted by Gasteiger charge is -2.10. The van der Waals surface area contributed by atoms with Crippen molar-refractivity contribution in [2.45, 2.75) is 13.8 Å². The summed E-state index contributed by atoms with van der Waals surface area (Å²) in [6.45, 7) is 5.44. The summed E-state index contributed by atoms with van der Waals surface area (Å²) in [6.07, 6.45) is 3.58. The van der Waals surface area contributed by atoms with Gasteiger partial charge >= 0.3 is 0 Å². The third-order valence-corrected chi connectivity index (χ3v) is 2.52. The zero-order valence-electron chi connectivity index (χ0n) is 9.51. The van der Waals surface area contributed by atoms with Gasteiger partial charge in [0.2, 0.25) is 5.65 Å². The lowest BCUT2D eigenvalue weighted by Crippen LogP contribution is -2.20. The average Bonchev–Trinajstić information content (AvgIpc) is 2.69. The Bertz CT molecular complexity index is 477. The van der Waals surface area contributed by atoms with E-state index in [0.717, 1.165) is 23.8 Å². The molecule has 0 spiro atoms. The maximum absolute atomic E-state index is 5.56. The number of anilines is 1. The number of rotatable bonds is 4. The van der Waals surface area contributed by atoms with Crippen LogP contribution >= 0.6 is 0 Å². The molecule has 0 amide bonds. The lowest BCUT2D eigenvalue weighted by molar-refractivity contribution is 0.627. The van der Waals surface area contributed by atoms with Crippen LogP contribution in [-0.4, -0.2) is 32.7 Å². The predicted octanol–water partition coefficient (Wildman–Crippen LogP) is 0.439. The standard InChI is InChI=1S/C10H16N6/c1-7(5-11)6-13-9-10-15-14-8(2)16(10)4-3-12-9/h3-4,7H,5-6,11H2,1-2H3,(H,12,13). The van der Waals surface area contributed by atoms with Crippen molar-refractivity contribution in [1.82, 2.24) is 19.6 Å². The van der Waals surface area contributed by atoms with Crippen LogP contribution in [0.3, 0.4) is 0 Å². The van der Waals surface area contributed by atoms with E-state index in [-0.39, 0.29) is 0 Å². The van der Waals surface area contributed by atoms with E-state index in [9.17, 15) is 0 Å². The number of nitrogens with two attached hydrogens (primary N) is 1. The Morgan fingerprint density at radius 1 is 1.50 bits per heavy atom. The molecule has 86 valence electrons. The molecule has 0 aliphatic rings. The van der Waals surface area contributed by atoms with Gasteiger partial charge in [0.25, 0.3) is 0 Å². The third kappa shape index (κ3) is 1.96. The van der Waals surface area contributed by atoms with Crippen LogP contribution in [0.1, 0.15) is 12.7 Å². The Labute approximate surface area is 93.9 Å². The molecular weight excluding hydrogens is 204 g/mol. The Morgan fingerprint density at radius 2 is 2.31 bits per heavy atom. The molecule has 3 N–H and O–H groups in total. The largest absolute Gasteiger partial charge is 0.367 e. The van der Waals surface area contributed by atoms with Crippen molar-refractivity contribution in [2.75, 3.05) is 18.4 Å². The zero-order valence-corrected chi connectivity index (χ0v) is 9.51. The molecule has 2 heterocycles. The van der Waals surface area contributed by atoms with Crippen molar-refractivity contribution in [1.29, 1.82) is 0 Å². The van der Waals surface area contributed by atoms with Crippen LogP contribution in [-0.2, 0) is 0 Å². The van der Waals surface area contributed by atoms with E-state index >= 15 is 0 Å². The highest BCUT2D eigenvalue weighted by molar-refractivity contribution is 5.61. The topological polar surface area (TPSA) is 81.1 Å². The van der Waals surface area contributed by atoms with Gasteiger partial charge < -0.3 is 11.1 Å². The molecule has 2 rings (SSSR count). The van der Waals surface area contributed by atoms with E-state index < -0.39 is 0 Å². The maximum Gasteiger partial charge on any atom is 0.203 e. The first-order chi connectivity index (χ1) is 7.72. The first kappa shape index (κ1) is 10.8. The summed E-state index contributed by atoms with van der Waals surface area (Å²) in [5.41, 5.74) is 6.31. The second kappa shape index (κ2) is 4.44. The molecule has 0 saturated heterocycles. The molecule has 0 bridgehead atoms. The van der Waals surface area contributed by atoms with Gasteiger partial charge in [0.15, 0.2) is 5.82 Å². The monoisotopic (exact) mass is 220 g/mol. The molecule has 0 fully saturated rings. The lowest BCUT2D eigenvalue weighted by atomic mass is 10.2. The summed E-state index contributed by atoms with van der Waals surface area (Å²) >= 11 is 0. The minimum absolute atomic E-state index is 0.408. The van der Waals surface area contributed by atoms with Gasteiger partial charge in [-0.2, -0.15) is 0 Å². The first-order valence-electron chi connectivity index (χ1n) is 5.32. The predicted molar refractivity (Wildman–Crippen MR) is 62.2 cm³/mol. The molecule has 2 aromatic rings. The number of nitrogens with one attached hydrogen (secondary N) is 1. The SMILES string of the molecule is Cc1nnc2c(NCC(C)CN)nccn12. The van der Waals surface area contributed by atoms with E-state index in [0.29, 0.717) is 12.5 Å². The smallest absolute Gasteiger partial charge is 0.203 e. The van der Waals surface area contributed by atoms with E-state index in [1.165, 1.54) is 0 Å². The minimum atomic E-state index is 0.408. The summed E-state index contributed by atoms with van der Waals surface area (Å²) in [5, 5.41) is 11.3. The average molecular weight is 220 g/mol. The van der Waals surface area contributed by atoms with Gasteiger partial charge in [-0.1, -0.05) is 6.92 Å². The van der Waals surface area contributed by atoms with E-state index in [1.54, 1.807) is 6.20 Å². The quantitative estimate of drug-likeness (QED) is 0.781. The molecule has 16 heavy (non-hydrogen) atoms. The van der Waals surface area contributed by atoms with Crippen LogP contribution < -0.4 is 11.1 Å². The first-order valence-corrected chi connectivity index (χ1v) is 5.32. The van der Waals surface area contributed by atoms with Gasteiger partial charge in [0, 0.05) is 18.9 Å². The van der Waals surface area contributed by atoms with Crippen molar-refractivity contribution in [3.05, 3.63) is 18.2 Å². The van der Waals surface area contributed by atoms with E-state index in [4.69, 9.17) is 5.73 Å². The highest BCUT2D eigenvalue weighted by atomic mass is 15.3. The Hall–Kier alpha value is -1.69. The summed E-state index contributed by atoms with van der Waals surface area (Å²) in [4.78, 5) is 4.25. The maximum atomic E-state index is 5.56. The van der Waals surface area contributed by atoms with Crippen LogP contribution in [0, 0.1) is 12.8 Å². The van der Waals surface area contributed by atoms with Crippen LogP contribution in [0.25, 0.3) is 5.65 Å². The number of aryl methyl sites for hydroxylation is 1. The van der Waals surface area contributed by atoms with Gasteiger partial charge in [-0.05, 0) is 19.4 Å². The molecule has 0 saturated carbocycles. The van der Waals surface area contributed by atoms with Gasteiger partial charge in [-0.15, -0.1) is 10.2 Å². The Balaban J connectivity index is 2.24. The summed E-state index contributed by atoms with van der Waals surface area (Å²) in [5.74, 6) is 2.02. The highest BCUT2D eigenvalue weighted by Crippen LogP contribution is 2.12. The van der Waals surface area contributed by atoms with Crippen molar-refractivity contribution >= 4 is 11.5 Å². The number of nitrogens with zero attached hydrogens (tertiary/aromatic N) is 4. The zero-order chi connectivity index (χ0) is 11.5. The molecule has 2 aromatic heterocycles. The molecule has 0 aliphatic carbocycles. The van der Waals surface area contributed by atoms with Crippen LogP contribution in [0.4, 0.5) is 5.82 Å². The Morgan fingerprint density at radius 3 is 3.06 bits per heavy atom. The van der Waals surface area contributed by atoms with Crippen LogP contribution in [0.5, 0.6) is 0 Å². The molecule has 6 heteroatoms. The van der Waals surface area contributed by atoms with Gasteiger partial charge in [0.1, 0.15) is 5.82 Å². The molecule has 1 unspecified atom stereocenters. The second-order valence-corrected chi connectivity index (χ2v) is 3.94. The fourth-order valence-electron chi connectivity index (χ4n) is 1.42. The van der Waals surface area contributed by atoms with Crippen molar-refractivity contribution in [2.24, 2.45) is 11.7 Å². The molecular formula is C10H16N6. The van der Waals surface area contributed by atoms with Crippen LogP contribution in [0.15, 0.2) is 12.4 Å². The van der Waals surface area contributed by atoms with Crippen molar-refractivity contribution < 1.29 is 0 Å². The summed E-state index contributed by atoms with van der Waals surface area (Å²) in [6, 6.07) is 0. The molecule has 0 aliphatic heterocycles. The number of hydrogen-bond acceptors (Lipinski definition) is 5. The van der Waals surface area contributed by atoms with E-state index in [2.05, 4.69) is 27.4 Å². The molecule has 0 aromatic carbocycles. The van der Waals surface area contributed by atoms with Crippen LogP contribution in [0.2, 0.25) is 0 Å². The minimum Gasteiger partial charge on any atom is -0.367 e. The second-order valence-electron chi connectivity index (χ2n) is 3.94. The molecule has 1 atom stereocenters. The summed E-state index contributed by atoms with van der Waals surface area (Å²) in [7, 11) is 0. The molecule has 6 nitrogen and oxygen atoms in total. The van der Waals surface area contributed by atoms with Crippen molar-refractivity contribution in [3.63, 3.8) is 0 Å². The van der Waals surface area contributed by atoms with Gasteiger partial charge in [-0.25, -0.2) is 4.98 Å². The normalized spacial score (nSPS) is 12.9. The Kier molecular flexibility index (Phi) is 3.00. The summed E-state index contributed by atoms with van der Waals surface area (Å²) < 4.78 is 1.91. The molecule has 0 radical (unpaired) electrons. The fourth-order valence-corrected chi connectivity index (χ4v) is 1.42. The van der Waals surface area contributed by atoms with E-state index in [1.807, 2.05) is 17.5 Å².